The summed E-state index contributed by atoms with van der Waals surface area (Å²) >= 11 is 0. The normalized spacial score (nSPS) is 22.4. The van der Waals surface area contributed by atoms with Crippen LogP contribution in [0.4, 0.5) is 0 Å². The first-order chi connectivity index (χ1) is 9.63. The van der Waals surface area contributed by atoms with Crippen molar-refractivity contribution in [3.8, 4) is 11.5 Å². The highest BCUT2D eigenvalue weighted by Gasteiger charge is 2.23. The molecule has 1 aromatic rings. The second kappa shape index (κ2) is 6.78. The number of methoxy groups -OCH3 is 1. The molecule has 0 amide bonds. The van der Waals surface area contributed by atoms with Crippen molar-refractivity contribution in [1.29, 1.82) is 0 Å². The molecule has 2 rings (SSSR count). The van der Waals surface area contributed by atoms with E-state index in [1.807, 2.05) is 6.07 Å². The molecule has 3 heteroatoms. The molecule has 2 unspecified atom stereocenters. The molecular weight excluding hydrogens is 252 g/mol. The fraction of sp³-hybridized carbons (Fsp3) is 0.588. The van der Waals surface area contributed by atoms with Crippen LogP contribution in [-0.4, -0.2) is 19.0 Å². The van der Waals surface area contributed by atoms with Gasteiger partial charge in [-0.05, 0) is 44.2 Å². The maximum Gasteiger partial charge on any atom is 0.163 e. The summed E-state index contributed by atoms with van der Waals surface area (Å²) < 4.78 is 11.4. The number of carbonyl (C=O) groups is 1. The fourth-order valence-electron chi connectivity index (χ4n) is 2.92. The van der Waals surface area contributed by atoms with E-state index in [1.54, 1.807) is 26.2 Å². The Labute approximate surface area is 121 Å². The van der Waals surface area contributed by atoms with Crippen molar-refractivity contribution in [1.82, 2.24) is 0 Å². The second-order valence-corrected chi connectivity index (χ2v) is 5.60. The van der Waals surface area contributed by atoms with Crippen LogP contribution in [0.25, 0.3) is 0 Å². The summed E-state index contributed by atoms with van der Waals surface area (Å²) in [5.41, 5.74) is 0.643. The van der Waals surface area contributed by atoms with Gasteiger partial charge >= 0.3 is 0 Å². The van der Waals surface area contributed by atoms with Gasteiger partial charge in [-0.2, -0.15) is 0 Å². The number of Topliss-reactive ketones (excluding diaryl/α,β-unsaturated/α-hetero) is 1. The minimum atomic E-state index is 0.0329. The molecule has 1 fully saturated rings. The van der Waals surface area contributed by atoms with Gasteiger partial charge in [-0.3, -0.25) is 4.79 Å². The predicted octanol–water partition coefficient (Wildman–Crippen LogP) is 4.25. The van der Waals surface area contributed by atoms with E-state index in [2.05, 4.69) is 6.92 Å². The number of ether oxygens (including phenoxy) is 2. The Kier molecular flexibility index (Phi) is 5.05. The Morgan fingerprint density at radius 1 is 1.35 bits per heavy atom. The maximum absolute atomic E-state index is 11.7. The van der Waals surface area contributed by atoms with Gasteiger partial charge in [0.05, 0.1) is 18.8 Å². The van der Waals surface area contributed by atoms with Gasteiger partial charge in [0.15, 0.2) is 5.78 Å². The third-order valence-electron chi connectivity index (χ3n) is 4.17. The van der Waals surface area contributed by atoms with Crippen molar-refractivity contribution >= 4 is 5.78 Å². The van der Waals surface area contributed by atoms with E-state index >= 15 is 0 Å². The molecule has 0 bridgehead atoms. The second-order valence-electron chi connectivity index (χ2n) is 5.60. The van der Waals surface area contributed by atoms with Crippen molar-refractivity contribution in [2.75, 3.05) is 7.11 Å². The molecule has 0 spiro atoms. The van der Waals surface area contributed by atoms with E-state index in [0.717, 1.165) is 24.5 Å². The summed E-state index contributed by atoms with van der Waals surface area (Å²) in [5, 5.41) is 0. The third kappa shape index (κ3) is 3.53. The zero-order chi connectivity index (χ0) is 14.5. The summed E-state index contributed by atoms with van der Waals surface area (Å²) in [6.45, 7) is 3.81. The summed E-state index contributed by atoms with van der Waals surface area (Å²) in [5.74, 6) is 2.18. The van der Waals surface area contributed by atoms with Gasteiger partial charge in [0, 0.05) is 6.07 Å². The van der Waals surface area contributed by atoms with Crippen LogP contribution in [0.2, 0.25) is 0 Å². The number of hydrogen-bond acceptors (Lipinski definition) is 3. The average molecular weight is 276 g/mol. The van der Waals surface area contributed by atoms with Crippen LogP contribution < -0.4 is 9.47 Å². The van der Waals surface area contributed by atoms with E-state index in [-0.39, 0.29) is 11.9 Å². The number of carbonyl (C=O) groups excluding carboxylic acids is 1. The number of rotatable bonds is 5. The SMILES string of the molecule is CCC1CCCC(Oc2cc(OC)ccc2C(C)=O)C1. The van der Waals surface area contributed by atoms with E-state index in [9.17, 15) is 4.79 Å². The molecule has 1 saturated carbocycles. The molecule has 0 saturated heterocycles. The van der Waals surface area contributed by atoms with Gasteiger partial charge in [0.25, 0.3) is 0 Å². The molecule has 20 heavy (non-hydrogen) atoms. The molecule has 0 aliphatic heterocycles. The molecule has 0 radical (unpaired) electrons. The van der Waals surface area contributed by atoms with Gasteiger partial charge in [-0.1, -0.05) is 19.8 Å². The first-order valence-electron chi connectivity index (χ1n) is 7.49. The van der Waals surface area contributed by atoms with E-state index in [0.29, 0.717) is 11.3 Å². The highest BCUT2D eigenvalue weighted by molar-refractivity contribution is 5.97. The Morgan fingerprint density at radius 3 is 2.80 bits per heavy atom. The summed E-state index contributed by atoms with van der Waals surface area (Å²) in [4.78, 5) is 11.7. The van der Waals surface area contributed by atoms with Crippen molar-refractivity contribution in [3.63, 3.8) is 0 Å². The van der Waals surface area contributed by atoms with Crippen molar-refractivity contribution in [3.05, 3.63) is 23.8 Å². The van der Waals surface area contributed by atoms with Crippen LogP contribution in [0, 0.1) is 5.92 Å². The standard InChI is InChI=1S/C17H24O3/c1-4-13-6-5-7-15(10-13)20-17-11-14(19-3)8-9-16(17)12(2)18/h8-9,11,13,15H,4-7,10H2,1-3H3. The number of benzene rings is 1. The Hall–Kier alpha value is -1.51. The monoisotopic (exact) mass is 276 g/mol. The third-order valence-corrected chi connectivity index (χ3v) is 4.17. The van der Waals surface area contributed by atoms with E-state index in [1.165, 1.54) is 19.3 Å². The first kappa shape index (κ1) is 14.9. The minimum absolute atomic E-state index is 0.0329. The molecule has 1 aliphatic carbocycles. The molecule has 110 valence electrons. The lowest BCUT2D eigenvalue weighted by atomic mass is 9.85. The predicted molar refractivity (Wildman–Crippen MR) is 79.7 cm³/mol. The quantitative estimate of drug-likeness (QED) is 0.754. The van der Waals surface area contributed by atoms with Crippen LogP contribution in [-0.2, 0) is 0 Å². The van der Waals surface area contributed by atoms with Crippen molar-refractivity contribution < 1.29 is 14.3 Å². The van der Waals surface area contributed by atoms with Crippen LogP contribution >= 0.6 is 0 Å². The smallest absolute Gasteiger partial charge is 0.163 e. The highest BCUT2D eigenvalue weighted by Crippen LogP contribution is 2.32. The Balaban J connectivity index is 2.16. The van der Waals surface area contributed by atoms with E-state index in [4.69, 9.17) is 9.47 Å². The average Bonchev–Trinajstić information content (AvgIpc) is 2.47. The van der Waals surface area contributed by atoms with Crippen molar-refractivity contribution in [2.45, 2.75) is 52.1 Å². The molecular formula is C17H24O3. The maximum atomic E-state index is 11.7. The molecule has 0 N–H and O–H groups in total. The molecule has 1 aromatic carbocycles. The highest BCUT2D eigenvalue weighted by atomic mass is 16.5. The van der Waals surface area contributed by atoms with Gasteiger partial charge in [-0.25, -0.2) is 0 Å². The van der Waals surface area contributed by atoms with E-state index < -0.39 is 0 Å². The van der Waals surface area contributed by atoms with Crippen molar-refractivity contribution in [2.24, 2.45) is 5.92 Å². The number of ketones is 1. The minimum Gasteiger partial charge on any atom is -0.497 e. The topological polar surface area (TPSA) is 35.5 Å². The molecule has 3 nitrogen and oxygen atoms in total. The lowest BCUT2D eigenvalue weighted by Gasteiger charge is -2.29. The lowest BCUT2D eigenvalue weighted by molar-refractivity contribution is 0.0988. The van der Waals surface area contributed by atoms with Crippen LogP contribution in [0.1, 0.15) is 56.3 Å². The molecule has 1 aliphatic rings. The zero-order valence-electron chi connectivity index (χ0n) is 12.6. The Morgan fingerprint density at radius 2 is 2.15 bits per heavy atom. The summed E-state index contributed by atoms with van der Waals surface area (Å²) in [6.07, 6.45) is 6.10. The van der Waals surface area contributed by atoms with Crippen LogP contribution in [0.3, 0.4) is 0 Å². The zero-order valence-corrected chi connectivity index (χ0v) is 12.6. The number of hydrogen-bond donors (Lipinski definition) is 0. The van der Waals surface area contributed by atoms with Crippen LogP contribution in [0.5, 0.6) is 11.5 Å². The molecule has 0 heterocycles. The summed E-state index contributed by atoms with van der Waals surface area (Å²) in [7, 11) is 1.63. The van der Waals surface area contributed by atoms with Gasteiger partial charge in [-0.15, -0.1) is 0 Å². The molecule has 2 atom stereocenters. The largest absolute Gasteiger partial charge is 0.497 e. The summed E-state index contributed by atoms with van der Waals surface area (Å²) in [6, 6.07) is 5.42. The van der Waals surface area contributed by atoms with Gasteiger partial charge in [0.2, 0.25) is 0 Å². The van der Waals surface area contributed by atoms with Crippen LogP contribution in [0.15, 0.2) is 18.2 Å². The van der Waals surface area contributed by atoms with Gasteiger partial charge in [0.1, 0.15) is 11.5 Å². The Bertz CT molecular complexity index is 467. The molecule has 0 aromatic heterocycles. The van der Waals surface area contributed by atoms with Gasteiger partial charge < -0.3 is 9.47 Å². The first-order valence-corrected chi connectivity index (χ1v) is 7.49. The fourth-order valence-corrected chi connectivity index (χ4v) is 2.92. The lowest BCUT2D eigenvalue weighted by Crippen LogP contribution is -2.25.